The van der Waals surface area contributed by atoms with Gasteiger partial charge >= 0.3 is 12.6 Å². The number of carbonyl (C=O) groups excluding carboxylic acids is 1. The van der Waals surface area contributed by atoms with Gasteiger partial charge in [-0.1, -0.05) is 11.6 Å². The van der Waals surface area contributed by atoms with Crippen LogP contribution in [-0.2, 0) is 4.74 Å². The van der Waals surface area contributed by atoms with Crippen LogP contribution >= 0.6 is 11.6 Å². The van der Waals surface area contributed by atoms with Crippen molar-refractivity contribution in [2.75, 3.05) is 25.1 Å². The second kappa shape index (κ2) is 9.36. The number of ether oxygens (including phenoxy) is 2. The highest BCUT2D eigenvalue weighted by Crippen LogP contribution is 2.28. The number of nitrogens with one attached hydrogen (secondary N) is 2. The molecule has 118 valence electrons. The fourth-order valence-corrected chi connectivity index (χ4v) is 1.69. The third kappa shape index (κ3) is 7.10. The first-order valence-electron chi connectivity index (χ1n) is 6.40. The Balaban J connectivity index is 2.40. The van der Waals surface area contributed by atoms with Gasteiger partial charge < -0.3 is 20.1 Å². The number of urea groups is 1. The topological polar surface area (TPSA) is 59.6 Å². The maximum absolute atomic E-state index is 12.1. The van der Waals surface area contributed by atoms with Crippen LogP contribution in [0.25, 0.3) is 0 Å². The van der Waals surface area contributed by atoms with Crippen molar-refractivity contribution in [2.45, 2.75) is 20.0 Å². The van der Waals surface area contributed by atoms with E-state index in [0.29, 0.717) is 31.9 Å². The minimum Gasteiger partial charge on any atom is -0.433 e. The summed E-state index contributed by atoms with van der Waals surface area (Å²) in [5.41, 5.74) is 0.379. The molecule has 0 fully saturated rings. The molecular formula is C13H17ClF2N2O3. The molecule has 0 aliphatic heterocycles. The van der Waals surface area contributed by atoms with Crippen LogP contribution in [0.2, 0.25) is 5.02 Å². The van der Waals surface area contributed by atoms with Gasteiger partial charge in [-0.2, -0.15) is 8.78 Å². The lowest BCUT2D eigenvalue weighted by Crippen LogP contribution is -2.30. The fraction of sp³-hybridized carbons (Fsp3) is 0.462. The number of amides is 2. The number of anilines is 1. The Morgan fingerprint density at radius 2 is 2.19 bits per heavy atom. The van der Waals surface area contributed by atoms with E-state index in [1.54, 1.807) is 0 Å². The summed E-state index contributed by atoms with van der Waals surface area (Å²) in [6.07, 6.45) is 0.698. The zero-order valence-corrected chi connectivity index (χ0v) is 12.3. The third-order valence-corrected chi connectivity index (χ3v) is 2.66. The van der Waals surface area contributed by atoms with Crippen molar-refractivity contribution in [2.24, 2.45) is 0 Å². The van der Waals surface area contributed by atoms with Crippen LogP contribution < -0.4 is 15.4 Å². The van der Waals surface area contributed by atoms with Crippen LogP contribution in [0, 0.1) is 0 Å². The Bertz CT molecular complexity index is 461. The predicted molar refractivity (Wildman–Crippen MR) is 76.2 cm³/mol. The molecule has 0 aromatic heterocycles. The summed E-state index contributed by atoms with van der Waals surface area (Å²) in [4.78, 5) is 11.6. The normalized spacial score (nSPS) is 10.5. The molecule has 0 unspecified atom stereocenters. The Kier molecular flexibility index (Phi) is 7.78. The summed E-state index contributed by atoms with van der Waals surface area (Å²) in [6.45, 7) is 0.618. The number of hydrogen-bond donors (Lipinski definition) is 2. The Hall–Kier alpha value is -1.60. The van der Waals surface area contributed by atoms with Gasteiger partial charge in [-0.3, -0.25) is 0 Å². The monoisotopic (exact) mass is 322 g/mol. The maximum Gasteiger partial charge on any atom is 0.387 e. The van der Waals surface area contributed by atoms with Gasteiger partial charge in [0.25, 0.3) is 0 Å². The quantitative estimate of drug-likeness (QED) is 0.720. The lowest BCUT2D eigenvalue weighted by Gasteiger charge is -2.10. The Morgan fingerprint density at radius 3 is 2.81 bits per heavy atom. The van der Waals surface area contributed by atoms with Gasteiger partial charge in [0.05, 0.1) is 5.02 Å². The average Bonchev–Trinajstić information content (AvgIpc) is 2.41. The van der Waals surface area contributed by atoms with E-state index in [0.717, 1.165) is 0 Å². The molecule has 1 aromatic rings. The van der Waals surface area contributed by atoms with Crippen LogP contribution in [0.3, 0.4) is 0 Å². The summed E-state index contributed by atoms with van der Waals surface area (Å²) in [6, 6.07) is 3.60. The lowest BCUT2D eigenvalue weighted by molar-refractivity contribution is -0.0497. The zero-order valence-electron chi connectivity index (χ0n) is 11.5. The first-order valence-corrected chi connectivity index (χ1v) is 6.77. The van der Waals surface area contributed by atoms with Crippen molar-refractivity contribution >= 4 is 23.3 Å². The fourth-order valence-electron chi connectivity index (χ4n) is 1.47. The summed E-state index contributed by atoms with van der Waals surface area (Å²) in [5.74, 6) is -0.144. The van der Waals surface area contributed by atoms with E-state index >= 15 is 0 Å². The molecule has 8 heteroatoms. The number of rotatable bonds is 8. The molecule has 0 atom stereocenters. The standard InChI is InChI=1S/C13H17ClF2N2O3/c1-2-20-7-3-6-17-13(19)18-9-4-5-11(10(14)8-9)21-12(15)16/h4-5,8,12H,2-3,6-7H2,1H3,(H2,17,18,19). The SMILES string of the molecule is CCOCCCNC(=O)Nc1ccc(OC(F)F)c(Cl)c1. The summed E-state index contributed by atoms with van der Waals surface area (Å²) in [7, 11) is 0. The highest BCUT2D eigenvalue weighted by Gasteiger charge is 2.10. The van der Waals surface area contributed by atoms with E-state index < -0.39 is 12.6 Å². The number of halogens is 3. The Morgan fingerprint density at radius 1 is 1.43 bits per heavy atom. The smallest absolute Gasteiger partial charge is 0.387 e. The van der Waals surface area contributed by atoms with Crippen LogP contribution in [0.5, 0.6) is 5.75 Å². The summed E-state index contributed by atoms with van der Waals surface area (Å²) < 4.78 is 33.5. The molecule has 5 nitrogen and oxygen atoms in total. The van der Waals surface area contributed by atoms with Crippen molar-refractivity contribution in [3.63, 3.8) is 0 Å². The van der Waals surface area contributed by atoms with Gasteiger partial charge in [0.1, 0.15) is 5.75 Å². The molecule has 0 radical (unpaired) electrons. The maximum atomic E-state index is 12.1. The molecule has 2 N–H and O–H groups in total. The van der Waals surface area contributed by atoms with Crippen molar-refractivity contribution in [3.05, 3.63) is 23.2 Å². The van der Waals surface area contributed by atoms with Gasteiger partial charge in [-0.25, -0.2) is 4.79 Å². The van der Waals surface area contributed by atoms with Gasteiger partial charge in [-0.15, -0.1) is 0 Å². The van der Waals surface area contributed by atoms with E-state index in [1.165, 1.54) is 18.2 Å². The minimum absolute atomic E-state index is 0.00977. The lowest BCUT2D eigenvalue weighted by atomic mass is 10.3. The molecule has 1 rings (SSSR count). The number of hydrogen-bond acceptors (Lipinski definition) is 3. The highest BCUT2D eigenvalue weighted by atomic mass is 35.5. The molecular weight excluding hydrogens is 306 g/mol. The minimum atomic E-state index is -2.95. The van der Waals surface area contributed by atoms with E-state index in [9.17, 15) is 13.6 Å². The van der Waals surface area contributed by atoms with Crippen molar-refractivity contribution in [1.82, 2.24) is 5.32 Å². The first-order chi connectivity index (χ1) is 10.0. The molecule has 2 amide bonds. The molecule has 0 saturated carbocycles. The van der Waals surface area contributed by atoms with Gasteiger partial charge in [-0.05, 0) is 31.5 Å². The average molecular weight is 323 g/mol. The van der Waals surface area contributed by atoms with Gasteiger partial charge in [0, 0.05) is 25.4 Å². The van der Waals surface area contributed by atoms with E-state index in [1.807, 2.05) is 6.92 Å². The van der Waals surface area contributed by atoms with Gasteiger partial charge in [0.2, 0.25) is 0 Å². The molecule has 0 spiro atoms. The highest BCUT2D eigenvalue weighted by molar-refractivity contribution is 6.32. The van der Waals surface area contributed by atoms with E-state index in [4.69, 9.17) is 16.3 Å². The molecule has 0 aliphatic rings. The molecule has 21 heavy (non-hydrogen) atoms. The van der Waals surface area contributed by atoms with Crippen LogP contribution in [0.1, 0.15) is 13.3 Å². The van der Waals surface area contributed by atoms with Crippen molar-refractivity contribution in [1.29, 1.82) is 0 Å². The molecule has 0 heterocycles. The van der Waals surface area contributed by atoms with E-state index in [2.05, 4.69) is 15.4 Å². The number of alkyl halides is 2. The summed E-state index contributed by atoms with van der Waals surface area (Å²) >= 11 is 5.77. The van der Waals surface area contributed by atoms with Crippen LogP contribution in [-0.4, -0.2) is 32.4 Å². The Labute approximate surface area is 126 Å². The predicted octanol–water partition coefficient (Wildman–Crippen LogP) is 3.49. The van der Waals surface area contributed by atoms with Crippen LogP contribution in [0.15, 0.2) is 18.2 Å². The molecule has 0 bridgehead atoms. The van der Waals surface area contributed by atoms with Gasteiger partial charge in [0.15, 0.2) is 0 Å². The molecule has 1 aromatic carbocycles. The second-order valence-corrected chi connectivity index (χ2v) is 4.36. The first kappa shape index (κ1) is 17.5. The third-order valence-electron chi connectivity index (χ3n) is 2.36. The largest absolute Gasteiger partial charge is 0.433 e. The van der Waals surface area contributed by atoms with Crippen molar-refractivity contribution < 1.29 is 23.0 Å². The molecule has 0 saturated heterocycles. The number of benzene rings is 1. The summed E-state index contributed by atoms with van der Waals surface area (Å²) in [5, 5.41) is 5.16. The van der Waals surface area contributed by atoms with Crippen molar-refractivity contribution in [3.8, 4) is 5.75 Å². The van der Waals surface area contributed by atoms with E-state index in [-0.39, 0.29) is 10.8 Å². The molecule has 0 aliphatic carbocycles. The van der Waals surface area contributed by atoms with Crippen LogP contribution in [0.4, 0.5) is 19.3 Å². The zero-order chi connectivity index (χ0) is 15.7. The number of carbonyl (C=O) groups is 1. The second-order valence-electron chi connectivity index (χ2n) is 3.96.